The minimum atomic E-state index is -1.08. The van der Waals surface area contributed by atoms with Crippen LogP contribution in [0.25, 0.3) is 0 Å². The van der Waals surface area contributed by atoms with E-state index in [-0.39, 0.29) is 12.2 Å². The van der Waals surface area contributed by atoms with Crippen molar-refractivity contribution < 1.29 is 29.0 Å². The number of ether oxygens (including phenoxy) is 2. The van der Waals surface area contributed by atoms with E-state index in [4.69, 9.17) is 9.84 Å². The molecule has 0 aliphatic rings. The Morgan fingerprint density at radius 1 is 1.32 bits per heavy atom. The number of hydrogen-bond acceptors (Lipinski definition) is 5. The van der Waals surface area contributed by atoms with Crippen LogP contribution in [0.3, 0.4) is 0 Å². The van der Waals surface area contributed by atoms with Crippen LogP contribution in [0.5, 0.6) is 5.75 Å². The Morgan fingerprint density at radius 2 is 2.05 bits per heavy atom. The van der Waals surface area contributed by atoms with Gasteiger partial charge in [0.05, 0.1) is 7.11 Å². The maximum Gasteiger partial charge on any atom is 0.343 e. The zero-order chi connectivity index (χ0) is 16.5. The normalized spacial score (nSPS) is 11.4. The van der Waals surface area contributed by atoms with Crippen LogP contribution in [0.2, 0.25) is 0 Å². The lowest BCUT2D eigenvalue weighted by molar-refractivity contribution is -0.143. The molecular formula is C15H19NO6. The first-order valence-electron chi connectivity index (χ1n) is 6.81. The van der Waals surface area contributed by atoms with Gasteiger partial charge in [-0.25, -0.2) is 9.59 Å². The van der Waals surface area contributed by atoms with Gasteiger partial charge < -0.3 is 19.9 Å². The van der Waals surface area contributed by atoms with Crippen molar-refractivity contribution in [3.63, 3.8) is 0 Å². The number of methoxy groups -OCH3 is 1. The first kappa shape index (κ1) is 17.5. The molecule has 1 unspecified atom stereocenters. The molecule has 1 amide bonds. The van der Waals surface area contributed by atoms with Gasteiger partial charge in [-0.2, -0.15) is 0 Å². The quantitative estimate of drug-likeness (QED) is 0.700. The lowest BCUT2D eigenvalue weighted by atomic mass is 10.1. The van der Waals surface area contributed by atoms with E-state index >= 15 is 0 Å². The fourth-order valence-electron chi connectivity index (χ4n) is 1.72. The van der Waals surface area contributed by atoms with Crippen molar-refractivity contribution in [2.75, 3.05) is 13.7 Å². The van der Waals surface area contributed by atoms with Crippen LogP contribution in [0.1, 0.15) is 30.1 Å². The monoisotopic (exact) mass is 309 g/mol. The van der Waals surface area contributed by atoms with Gasteiger partial charge in [0.2, 0.25) is 0 Å². The predicted octanol–water partition coefficient (Wildman–Crippen LogP) is 1.22. The molecule has 0 radical (unpaired) electrons. The Labute approximate surface area is 128 Å². The van der Waals surface area contributed by atoms with Gasteiger partial charge in [-0.15, -0.1) is 0 Å². The lowest BCUT2D eigenvalue weighted by Crippen LogP contribution is -2.40. The first-order chi connectivity index (χ1) is 10.5. The highest BCUT2D eigenvalue weighted by Crippen LogP contribution is 2.14. The molecule has 7 nitrogen and oxygen atoms in total. The molecule has 0 saturated heterocycles. The second-order valence-corrected chi connectivity index (χ2v) is 4.55. The summed E-state index contributed by atoms with van der Waals surface area (Å²) in [6.07, 6.45) is 0.985. The molecule has 1 aromatic rings. The highest BCUT2D eigenvalue weighted by atomic mass is 16.6. The molecular weight excluding hydrogens is 290 g/mol. The number of carboxylic acid groups (broad SMARTS) is 1. The standard InChI is InChI=1S/C15H19NO6/c1-3-5-12(15(19)20)16-14(18)10-6-4-7-11(8-10)22-9-13(17)21-2/h4,6-8,12H,3,5,9H2,1-2H3,(H,16,18)(H,19,20). The third kappa shape index (κ3) is 5.43. The molecule has 0 aliphatic carbocycles. The van der Waals surface area contributed by atoms with Crippen molar-refractivity contribution in [3.8, 4) is 5.75 Å². The van der Waals surface area contributed by atoms with Crippen molar-refractivity contribution >= 4 is 17.8 Å². The second-order valence-electron chi connectivity index (χ2n) is 4.55. The molecule has 1 atom stereocenters. The van der Waals surface area contributed by atoms with Crippen LogP contribution in [-0.2, 0) is 14.3 Å². The average molecular weight is 309 g/mol. The first-order valence-corrected chi connectivity index (χ1v) is 6.81. The van der Waals surface area contributed by atoms with Gasteiger partial charge in [0, 0.05) is 5.56 Å². The maximum absolute atomic E-state index is 12.1. The lowest BCUT2D eigenvalue weighted by Gasteiger charge is -2.14. The minimum Gasteiger partial charge on any atom is -0.482 e. The molecule has 0 heterocycles. The van der Waals surface area contributed by atoms with E-state index in [1.165, 1.54) is 19.2 Å². The molecule has 0 saturated carbocycles. The average Bonchev–Trinajstić information content (AvgIpc) is 2.52. The Morgan fingerprint density at radius 3 is 2.64 bits per heavy atom. The summed E-state index contributed by atoms with van der Waals surface area (Å²) < 4.78 is 9.63. The Balaban J connectivity index is 2.73. The van der Waals surface area contributed by atoms with Crippen LogP contribution in [0.15, 0.2) is 24.3 Å². The summed E-state index contributed by atoms with van der Waals surface area (Å²) in [6, 6.07) is 5.20. The molecule has 120 valence electrons. The van der Waals surface area contributed by atoms with Crippen LogP contribution >= 0.6 is 0 Å². The number of nitrogens with one attached hydrogen (secondary N) is 1. The zero-order valence-electron chi connectivity index (χ0n) is 12.5. The topological polar surface area (TPSA) is 102 Å². The Kier molecular flexibility index (Phi) is 6.88. The second kappa shape index (κ2) is 8.66. The Bertz CT molecular complexity index is 543. The van der Waals surface area contributed by atoms with Crippen LogP contribution < -0.4 is 10.1 Å². The minimum absolute atomic E-state index is 0.254. The summed E-state index contributed by atoms with van der Waals surface area (Å²) in [5.74, 6) is -1.80. The van der Waals surface area contributed by atoms with Gasteiger partial charge in [-0.1, -0.05) is 19.4 Å². The van der Waals surface area contributed by atoms with Crippen LogP contribution in [0, 0.1) is 0 Å². The van der Waals surface area contributed by atoms with Gasteiger partial charge in [-0.05, 0) is 24.6 Å². The van der Waals surface area contributed by atoms with Crippen molar-refractivity contribution in [1.82, 2.24) is 5.32 Å². The largest absolute Gasteiger partial charge is 0.482 e. The van der Waals surface area contributed by atoms with E-state index < -0.39 is 23.9 Å². The zero-order valence-corrected chi connectivity index (χ0v) is 12.5. The number of carbonyl (C=O) groups excluding carboxylic acids is 2. The van der Waals surface area contributed by atoms with Crippen LogP contribution in [0.4, 0.5) is 0 Å². The number of carboxylic acids is 1. The molecule has 0 spiro atoms. The number of hydrogen-bond donors (Lipinski definition) is 2. The highest BCUT2D eigenvalue weighted by Gasteiger charge is 2.19. The van der Waals surface area contributed by atoms with Crippen molar-refractivity contribution in [2.24, 2.45) is 0 Å². The predicted molar refractivity (Wildman–Crippen MR) is 77.8 cm³/mol. The van der Waals surface area contributed by atoms with E-state index in [0.29, 0.717) is 18.6 Å². The number of carbonyl (C=O) groups is 3. The number of esters is 1. The fraction of sp³-hybridized carbons (Fsp3) is 0.400. The molecule has 0 bridgehead atoms. The number of rotatable bonds is 8. The van der Waals surface area contributed by atoms with Crippen molar-refractivity contribution in [2.45, 2.75) is 25.8 Å². The molecule has 22 heavy (non-hydrogen) atoms. The molecule has 0 aliphatic heterocycles. The number of benzene rings is 1. The Hall–Kier alpha value is -2.57. The van der Waals surface area contributed by atoms with Gasteiger partial charge in [-0.3, -0.25) is 4.79 Å². The van der Waals surface area contributed by atoms with Crippen molar-refractivity contribution in [1.29, 1.82) is 0 Å². The molecule has 0 aromatic heterocycles. The molecule has 2 N–H and O–H groups in total. The number of amides is 1. The number of aliphatic carboxylic acids is 1. The van der Waals surface area contributed by atoms with E-state index in [0.717, 1.165) is 0 Å². The van der Waals surface area contributed by atoms with Gasteiger partial charge in [0.1, 0.15) is 11.8 Å². The van der Waals surface area contributed by atoms with E-state index in [2.05, 4.69) is 10.1 Å². The van der Waals surface area contributed by atoms with Gasteiger partial charge in [0.15, 0.2) is 6.61 Å². The van der Waals surface area contributed by atoms with E-state index in [1.54, 1.807) is 12.1 Å². The third-order valence-electron chi connectivity index (χ3n) is 2.86. The summed E-state index contributed by atoms with van der Waals surface area (Å²) in [5, 5.41) is 11.5. The summed E-state index contributed by atoms with van der Waals surface area (Å²) in [5.41, 5.74) is 0.254. The van der Waals surface area contributed by atoms with Gasteiger partial charge in [0.25, 0.3) is 5.91 Å². The maximum atomic E-state index is 12.1. The molecule has 1 aromatic carbocycles. The molecule has 0 fully saturated rings. The van der Waals surface area contributed by atoms with Crippen LogP contribution in [-0.4, -0.2) is 42.7 Å². The summed E-state index contributed by atoms with van der Waals surface area (Å²) in [7, 11) is 1.25. The summed E-state index contributed by atoms with van der Waals surface area (Å²) in [6.45, 7) is 1.57. The summed E-state index contributed by atoms with van der Waals surface area (Å²) >= 11 is 0. The third-order valence-corrected chi connectivity index (χ3v) is 2.86. The van der Waals surface area contributed by atoms with E-state index in [1.807, 2.05) is 6.92 Å². The fourth-order valence-corrected chi connectivity index (χ4v) is 1.72. The molecule has 7 heteroatoms. The van der Waals surface area contributed by atoms with E-state index in [9.17, 15) is 14.4 Å². The molecule has 1 rings (SSSR count). The SMILES string of the molecule is CCCC(NC(=O)c1cccc(OCC(=O)OC)c1)C(=O)O. The highest BCUT2D eigenvalue weighted by molar-refractivity contribution is 5.96. The summed E-state index contributed by atoms with van der Waals surface area (Å²) in [4.78, 5) is 34.1. The van der Waals surface area contributed by atoms with Crippen molar-refractivity contribution in [3.05, 3.63) is 29.8 Å². The smallest absolute Gasteiger partial charge is 0.343 e. The van der Waals surface area contributed by atoms with Gasteiger partial charge >= 0.3 is 11.9 Å².